The Morgan fingerprint density at radius 2 is 1.79 bits per heavy atom. The molecule has 1 atom stereocenters. The van der Waals surface area contributed by atoms with E-state index in [4.69, 9.17) is 21.1 Å². The first kappa shape index (κ1) is 36.7. The molecule has 3 saturated carbocycles. The fraction of sp³-hybridized carbons (Fsp3) is 0.595. The number of halogens is 3. The Morgan fingerprint density at radius 3 is 2.46 bits per heavy atom. The highest BCUT2D eigenvalue weighted by Gasteiger charge is 2.85. The first-order chi connectivity index (χ1) is 24.5. The summed E-state index contributed by atoms with van der Waals surface area (Å²) in [4.78, 5) is 36.0. The minimum atomic E-state index is -3.06. The van der Waals surface area contributed by atoms with Crippen molar-refractivity contribution in [1.82, 2.24) is 29.4 Å². The number of likely N-dealkylation sites (tertiary alicyclic amines) is 1. The molecule has 0 aromatic carbocycles. The van der Waals surface area contributed by atoms with Crippen LogP contribution in [0.1, 0.15) is 89.9 Å². The van der Waals surface area contributed by atoms with Gasteiger partial charge in [0.1, 0.15) is 21.6 Å². The molecule has 3 aromatic rings. The lowest BCUT2D eigenvalue weighted by Crippen LogP contribution is -2.45. The molecule has 1 saturated heterocycles. The van der Waals surface area contributed by atoms with Crippen LogP contribution in [-0.4, -0.2) is 73.4 Å². The van der Waals surface area contributed by atoms with Crippen molar-refractivity contribution in [2.24, 2.45) is 22.7 Å². The van der Waals surface area contributed by atoms with Crippen LogP contribution in [0.15, 0.2) is 47.6 Å². The third-order valence-corrected chi connectivity index (χ3v) is 12.0. The fourth-order valence-corrected chi connectivity index (χ4v) is 9.30. The predicted octanol–water partition coefficient (Wildman–Crippen LogP) is 8.18. The summed E-state index contributed by atoms with van der Waals surface area (Å²) >= 11 is 7.34. The zero-order chi connectivity index (χ0) is 37.1. The van der Waals surface area contributed by atoms with Gasteiger partial charge in [-0.1, -0.05) is 17.7 Å². The number of carbonyl (C=O) groups excluding carboxylic acids is 2. The number of aromatic nitrogens is 4. The number of nitrogens with zero attached hydrogens (tertiary/aromatic N) is 5. The van der Waals surface area contributed by atoms with E-state index in [-0.39, 0.29) is 23.1 Å². The molecule has 0 radical (unpaired) electrons. The molecule has 2 spiro atoms. The van der Waals surface area contributed by atoms with Crippen molar-refractivity contribution in [3.63, 3.8) is 0 Å². The lowest BCUT2D eigenvalue weighted by Gasteiger charge is -2.33. The van der Waals surface area contributed by atoms with Gasteiger partial charge in [0.2, 0.25) is 5.88 Å². The molecule has 2 N–H and O–H groups in total. The van der Waals surface area contributed by atoms with Crippen LogP contribution in [0, 0.1) is 22.7 Å². The van der Waals surface area contributed by atoms with Gasteiger partial charge < -0.3 is 19.7 Å². The largest absolute Gasteiger partial charge is 0.477 e. The van der Waals surface area contributed by atoms with E-state index >= 15 is 8.78 Å². The van der Waals surface area contributed by atoms with Gasteiger partial charge in [-0.2, -0.15) is 0 Å². The topological polar surface area (TPSA) is 124 Å². The second kappa shape index (κ2) is 13.3. The van der Waals surface area contributed by atoms with Crippen LogP contribution in [0.25, 0.3) is 5.82 Å². The number of alkyl halides is 2. The Morgan fingerprint density at radius 1 is 1.06 bits per heavy atom. The molecule has 15 heteroatoms. The first-order valence-corrected chi connectivity index (χ1v) is 19.1. The van der Waals surface area contributed by atoms with E-state index in [2.05, 4.69) is 25.1 Å². The second-order valence-corrected chi connectivity index (χ2v) is 17.6. The van der Waals surface area contributed by atoms with Crippen LogP contribution in [0.2, 0.25) is 5.15 Å². The van der Waals surface area contributed by atoms with Crippen molar-refractivity contribution in [2.75, 3.05) is 25.0 Å². The Kier molecular flexibility index (Phi) is 9.41. The lowest BCUT2D eigenvalue weighted by atomic mass is 9.92. The first-order valence-electron chi connectivity index (χ1n) is 17.9. The maximum atomic E-state index is 15.1. The smallest absolute Gasteiger partial charge is 0.410 e. The molecule has 280 valence electrons. The van der Waals surface area contributed by atoms with Crippen LogP contribution < -0.4 is 14.8 Å². The highest BCUT2D eigenvalue weighted by atomic mass is 35.5. The molecule has 3 aliphatic carbocycles. The van der Waals surface area contributed by atoms with Crippen LogP contribution in [0.3, 0.4) is 0 Å². The number of nitrogens with one attached hydrogen (secondary N) is 2. The number of amides is 2. The zero-order valence-electron chi connectivity index (χ0n) is 30.2. The molecule has 11 nitrogen and oxygen atoms in total. The van der Waals surface area contributed by atoms with Gasteiger partial charge in [-0.15, -0.1) is 5.10 Å². The summed E-state index contributed by atoms with van der Waals surface area (Å²) < 4.78 is 46.0. The van der Waals surface area contributed by atoms with Crippen molar-refractivity contribution < 1.29 is 27.8 Å². The van der Waals surface area contributed by atoms with E-state index in [9.17, 15) is 9.59 Å². The lowest BCUT2D eigenvalue weighted by molar-refractivity contribution is -0.00996. The Labute approximate surface area is 312 Å². The SMILES string of the molecule is CC(C)(C)OC(=O)N1CC(CC(F)(F)CNc2cccc(SNC(=O)c3ccc(-n4ccc(OCCC5C6(CC6)C56CC6)n4)nc3Cl)n2)CC1(C)C. The quantitative estimate of drug-likeness (QED) is 0.131. The van der Waals surface area contributed by atoms with Gasteiger partial charge in [0.05, 0.1) is 18.7 Å². The van der Waals surface area contributed by atoms with E-state index in [1.807, 2.05) is 13.8 Å². The average molecular weight is 758 g/mol. The number of rotatable bonds is 13. The molecule has 4 fully saturated rings. The predicted molar refractivity (Wildman–Crippen MR) is 194 cm³/mol. The molecular formula is C37H46ClF2N7O4S. The van der Waals surface area contributed by atoms with Gasteiger partial charge >= 0.3 is 6.09 Å². The summed E-state index contributed by atoms with van der Waals surface area (Å²) in [5.41, 5.74) is 0.206. The molecule has 3 aromatic heterocycles. The fourth-order valence-electron chi connectivity index (χ4n) is 8.47. The molecule has 0 bridgehead atoms. The highest BCUT2D eigenvalue weighted by Crippen LogP contribution is 2.93. The van der Waals surface area contributed by atoms with Crippen molar-refractivity contribution in [2.45, 2.75) is 102 Å². The molecule has 4 heterocycles. The van der Waals surface area contributed by atoms with Gasteiger partial charge in [-0.05, 0) is 120 Å². The van der Waals surface area contributed by atoms with Crippen LogP contribution in [0.5, 0.6) is 5.88 Å². The maximum Gasteiger partial charge on any atom is 0.410 e. The van der Waals surface area contributed by atoms with Crippen LogP contribution >= 0.6 is 23.5 Å². The van der Waals surface area contributed by atoms with Crippen molar-refractivity contribution in [3.05, 3.63) is 53.3 Å². The average Bonchev–Trinajstić information content (AvgIpc) is 4.01. The summed E-state index contributed by atoms with van der Waals surface area (Å²) in [6.07, 6.45) is 7.91. The summed E-state index contributed by atoms with van der Waals surface area (Å²) in [5.74, 6) is -1.93. The Hall–Kier alpha value is -3.65. The Bertz CT molecular complexity index is 1820. The second-order valence-electron chi connectivity index (χ2n) is 16.4. The van der Waals surface area contributed by atoms with Crippen molar-refractivity contribution in [3.8, 4) is 11.7 Å². The van der Waals surface area contributed by atoms with E-state index in [1.165, 1.54) is 25.7 Å². The summed E-state index contributed by atoms with van der Waals surface area (Å²) in [5, 5.41) is 7.58. The van der Waals surface area contributed by atoms with E-state index < -0.39 is 47.9 Å². The number of hydrogen-bond donors (Lipinski definition) is 2. The number of pyridine rings is 2. The third-order valence-electron chi connectivity index (χ3n) is 11.0. The molecule has 7 rings (SSSR count). The van der Waals surface area contributed by atoms with Gasteiger partial charge in [-0.3, -0.25) is 9.52 Å². The molecule has 4 aliphatic rings. The maximum absolute atomic E-state index is 15.1. The zero-order valence-corrected chi connectivity index (χ0v) is 31.8. The van der Waals surface area contributed by atoms with Crippen LogP contribution in [0.4, 0.5) is 19.4 Å². The summed E-state index contributed by atoms with van der Waals surface area (Å²) in [6, 6.07) is 9.88. The highest BCUT2D eigenvalue weighted by molar-refractivity contribution is 7.97. The number of anilines is 1. The number of ether oxygens (including phenoxy) is 2. The Balaban J connectivity index is 0.867. The van der Waals surface area contributed by atoms with Crippen LogP contribution in [-0.2, 0) is 4.74 Å². The van der Waals surface area contributed by atoms with E-state index in [0.717, 1.165) is 24.3 Å². The van der Waals surface area contributed by atoms with Gasteiger partial charge in [0, 0.05) is 42.7 Å². The summed E-state index contributed by atoms with van der Waals surface area (Å²) in [6.45, 7) is 9.28. The van der Waals surface area contributed by atoms with Gasteiger partial charge in [0.15, 0.2) is 5.82 Å². The molecule has 1 unspecified atom stereocenters. The molecular weight excluding hydrogens is 712 g/mol. The standard InChI is InChI=1S/C37H46ClF2N7O4S/c1-33(2,3)51-32(49)46-21-23(19-34(46,4)5)20-37(39,40)22-41-26-7-6-8-29(42-26)52-45-31(48)24-9-10-27(43-30(24)38)47-17-11-28(44-47)50-18-12-25-35(13-14-35)36(25)15-16-36/h6-11,17,23,25H,12-16,18-22H2,1-5H3,(H,41,42)(H,45,48). The van der Waals surface area contributed by atoms with E-state index in [1.54, 1.807) is 72.9 Å². The van der Waals surface area contributed by atoms with Crippen molar-refractivity contribution >= 4 is 41.4 Å². The van der Waals surface area contributed by atoms with E-state index in [0.29, 0.717) is 40.6 Å². The molecule has 2 amide bonds. The minimum absolute atomic E-state index is 0.00256. The molecule has 1 aliphatic heterocycles. The summed E-state index contributed by atoms with van der Waals surface area (Å²) in [7, 11) is 0. The number of hydrogen-bond acceptors (Lipinski definition) is 9. The van der Waals surface area contributed by atoms with Crippen molar-refractivity contribution in [1.29, 1.82) is 0 Å². The normalized spacial score (nSPS) is 20.9. The third kappa shape index (κ3) is 7.69. The number of carbonyl (C=O) groups is 2. The monoisotopic (exact) mass is 757 g/mol. The minimum Gasteiger partial charge on any atom is -0.477 e. The molecule has 52 heavy (non-hydrogen) atoms. The number of fused-ring (bicyclic) bond motifs is 1. The van der Waals surface area contributed by atoms with Gasteiger partial charge in [-0.25, -0.2) is 28.2 Å². The van der Waals surface area contributed by atoms with Gasteiger partial charge in [0.25, 0.3) is 11.8 Å².